The van der Waals surface area contributed by atoms with E-state index in [9.17, 15) is 4.39 Å². The molecule has 5 rings (SSSR count). The molecule has 132 valence electrons. The third kappa shape index (κ3) is 2.40. The molecule has 7 heteroatoms. The molecule has 2 aromatic heterocycles. The Labute approximate surface area is 150 Å². The van der Waals surface area contributed by atoms with E-state index in [-0.39, 0.29) is 5.82 Å². The molecule has 0 spiro atoms. The largest absolute Gasteiger partial charge is 0.403 e. The van der Waals surface area contributed by atoms with Crippen molar-refractivity contribution in [2.45, 2.75) is 19.6 Å². The summed E-state index contributed by atoms with van der Waals surface area (Å²) >= 11 is 0. The van der Waals surface area contributed by atoms with Crippen LogP contribution in [0.3, 0.4) is 0 Å². The van der Waals surface area contributed by atoms with Gasteiger partial charge in [0.25, 0.3) is 0 Å². The molecule has 0 atom stereocenters. The van der Waals surface area contributed by atoms with E-state index in [1.54, 1.807) is 17.2 Å². The molecule has 0 saturated heterocycles. The first-order valence-electron chi connectivity index (χ1n) is 8.64. The summed E-state index contributed by atoms with van der Waals surface area (Å²) < 4.78 is 15.4. The zero-order valence-electron chi connectivity index (χ0n) is 14.4. The fourth-order valence-corrected chi connectivity index (χ4v) is 3.65. The molecule has 0 amide bonds. The summed E-state index contributed by atoms with van der Waals surface area (Å²) in [5.41, 5.74) is 5.76. The smallest absolute Gasteiger partial charge is 0.178 e. The maximum absolute atomic E-state index is 13.4. The van der Waals surface area contributed by atoms with Crippen LogP contribution < -0.4 is 10.2 Å². The molecule has 1 aromatic carbocycles. The Kier molecular flexibility index (Phi) is 3.51. The number of fused-ring (bicyclic) bond motifs is 2. The molecular formula is C19H18FN5O. The molecule has 1 N–H and O–H groups in total. The highest BCUT2D eigenvalue weighted by Gasteiger charge is 2.29. The lowest BCUT2D eigenvalue weighted by Gasteiger charge is -2.17. The first-order valence-corrected chi connectivity index (χ1v) is 8.64. The van der Waals surface area contributed by atoms with E-state index in [0.29, 0.717) is 6.54 Å². The summed E-state index contributed by atoms with van der Waals surface area (Å²) in [5, 5.41) is 10.0. The molecule has 0 aliphatic carbocycles. The van der Waals surface area contributed by atoms with Gasteiger partial charge in [0.1, 0.15) is 17.2 Å². The first kappa shape index (κ1) is 15.5. The van der Waals surface area contributed by atoms with Gasteiger partial charge in [-0.2, -0.15) is 5.10 Å². The van der Waals surface area contributed by atoms with Crippen molar-refractivity contribution in [3.05, 3.63) is 53.7 Å². The number of pyridine rings is 1. The Hall–Kier alpha value is -2.77. The van der Waals surface area contributed by atoms with E-state index in [1.807, 2.05) is 24.0 Å². The lowest BCUT2D eigenvalue weighted by Crippen LogP contribution is -2.28. The van der Waals surface area contributed by atoms with E-state index in [2.05, 4.69) is 10.3 Å². The zero-order valence-corrected chi connectivity index (χ0v) is 14.4. The molecular weight excluding hydrogens is 333 g/mol. The Morgan fingerprint density at radius 2 is 2.04 bits per heavy atom. The molecule has 2 aliphatic rings. The van der Waals surface area contributed by atoms with Crippen LogP contribution in [0.4, 0.5) is 4.39 Å². The maximum atomic E-state index is 13.4. The number of nitrogens with one attached hydrogen (secondary N) is 1. The van der Waals surface area contributed by atoms with Gasteiger partial charge in [0.15, 0.2) is 5.75 Å². The van der Waals surface area contributed by atoms with Crippen molar-refractivity contribution in [3.63, 3.8) is 0 Å². The molecule has 0 bridgehead atoms. The lowest BCUT2D eigenvalue weighted by molar-refractivity contribution is -0.0133. The normalized spacial score (nSPS) is 16.2. The van der Waals surface area contributed by atoms with Crippen molar-refractivity contribution in [2.75, 3.05) is 13.6 Å². The summed E-state index contributed by atoms with van der Waals surface area (Å²) in [6.45, 7) is 3.06. The number of nitrogens with zero attached hydrogens (tertiary/aromatic N) is 4. The number of benzene rings is 1. The monoisotopic (exact) mass is 351 g/mol. The molecule has 2 aliphatic heterocycles. The van der Waals surface area contributed by atoms with Crippen LogP contribution in [0.25, 0.3) is 22.4 Å². The van der Waals surface area contributed by atoms with E-state index in [1.165, 1.54) is 12.1 Å². The number of hydrogen-bond acceptors (Lipinski definition) is 5. The van der Waals surface area contributed by atoms with Crippen molar-refractivity contribution in [2.24, 2.45) is 0 Å². The summed E-state index contributed by atoms with van der Waals surface area (Å²) in [5.74, 6) is 0.524. The van der Waals surface area contributed by atoms with Crippen molar-refractivity contribution in [1.29, 1.82) is 0 Å². The van der Waals surface area contributed by atoms with Crippen LogP contribution in [0.1, 0.15) is 11.4 Å². The second kappa shape index (κ2) is 5.89. The van der Waals surface area contributed by atoms with Crippen LogP contribution in [-0.4, -0.2) is 33.4 Å². The predicted molar refractivity (Wildman–Crippen MR) is 94.7 cm³/mol. The minimum Gasteiger partial charge on any atom is -0.403 e. The Morgan fingerprint density at radius 3 is 2.88 bits per heavy atom. The Balaban J connectivity index is 1.75. The molecule has 0 saturated carbocycles. The van der Waals surface area contributed by atoms with E-state index >= 15 is 0 Å². The average Bonchev–Trinajstić information content (AvgIpc) is 3.21. The SMILES string of the molecule is CN1Cc2nccc(-c3c(-c4ccc(F)cc4)nn4c3CNCC4)c2O1. The lowest BCUT2D eigenvalue weighted by atomic mass is 9.97. The van der Waals surface area contributed by atoms with Gasteiger partial charge in [-0.25, -0.2) is 4.39 Å². The van der Waals surface area contributed by atoms with Gasteiger partial charge in [0.2, 0.25) is 0 Å². The number of rotatable bonds is 2. The second-order valence-corrected chi connectivity index (χ2v) is 6.59. The van der Waals surface area contributed by atoms with Crippen LogP contribution >= 0.6 is 0 Å². The Morgan fingerprint density at radius 1 is 1.19 bits per heavy atom. The molecule has 0 unspecified atom stereocenters. The topological polar surface area (TPSA) is 55.2 Å². The van der Waals surface area contributed by atoms with Crippen LogP contribution in [0.2, 0.25) is 0 Å². The predicted octanol–water partition coefficient (Wildman–Crippen LogP) is 2.59. The summed E-state index contributed by atoms with van der Waals surface area (Å²) in [6, 6.07) is 8.45. The van der Waals surface area contributed by atoms with E-state index in [0.717, 1.165) is 59.2 Å². The van der Waals surface area contributed by atoms with Crippen molar-refractivity contribution >= 4 is 0 Å². The van der Waals surface area contributed by atoms with Gasteiger partial charge >= 0.3 is 0 Å². The number of hydroxylamine groups is 2. The number of aromatic nitrogens is 3. The Bertz CT molecular complexity index is 982. The van der Waals surface area contributed by atoms with E-state index < -0.39 is 0 Å². The summed E-state index contributed by atoms with van der Waals surface area (Å²) in [4.78, 5) is 10.4. The molecule has 3 aromatic rings. The van der Waals surface area contributed by atoms with Gasteiger partial charge in [-0.1, -0.05) is 0 Å². The maximum Gasteiger partial charge on any atom is 0.178 e. The van der Waals surface area contributed by atoms with Gasteiger partial charge in [-0.15, -0.1) is 5.06 Å². The van der Waals surface area contributed by atoms with Crippen LogP contribution in [0.5, 0.6) is 5.75 Å². The fourth-order valence-electron chi connectivity index (χ4n) is 3.65. The standard InChI is InChI=1S/C19H18FN5O/c1-24-11-15-19(26-24)14(6-7-22-15)17-16-10-21-8-9-25(16)23-18(17)12-2-4-13(20)5-3-12/h2-7,21H,8-11H2,1H3. The molecule has 0 radical (unpaired) electrons. The van der Waals surface area contributed by atoms with Gasteiger partial charge in [-0.05, 0) is 30.3 Å². The minimum absolute atomic E-state index is 0.254. The molecule has 0 fully saturated rings. The zero-order chi connectivity index (χ0) is 17.7. The molecule has 6 nitrogen and oxygen atoms in total. The van der Waals surface area contributed by atoms with Gasteiger partial charge < -0.3 is 10.2 Å². The van der Waals surface area contributed by atoms with Crippen molar-refractivity contribution in [3.8, 4) is 28.1 Å². The quantitative estimate of drug-likeness (QED) is 0.769. The second-order valence-electron chi connectivity index (χ2n) is 6.59. The molecule has 4 heterocycles. The van der Waals surface area contributed by atoms with Crippen molar-refractivity contribution < 1.29 is 9.23 Å². The number of hydrogen-bond donors (Lipinski definition) is 1. The van der Waals surface area contributed by atoms with Gasteiger partial charge in [0.05, 0.1) is 18.8 Å². The highest BCUT2D eigenvalue weighted by molar-refractivity contribution is 5.86. The average molecular weight is 351 g/mol. The highest BCUT2D eigenvalue weighted by atomic mass is 19.1. The third-order valence-electron chi connectivity index (χ3n) is 4.84. The van der Waals surface area contributed by atoms with E-state index in [4.69, 9.17) is 9.94 Å². The summed E-state index contributed by atoms with van der Waals surface area (Å²) in [7, 11) is 1.89. The highest BCUT2D eigenvalue weighted by Crippen LogP contribution is 2.43. The van der Waals surface area contributed by atoms with Crippen LogP contribution in [0.15, 0.2) is 36.5 Å². The first-order chi connectivity index (χ1) is 12.7. The van der Waals surface area contributed by atoms with Crippen LogP contribution in [-0.2, 0) is 19.6 Å². The van der Waals surface area contributed by atoms with Gasteiger partial charge in [-0.3, -0.25) is 9.67 Å². The van der Waals surface area contributed by atoms with Crippen LogP contribution in [0, 0.1) is 5.82 Å². The number of halogens is 1. The summed E-state index contributed by atoms with van der Waals surface area (Å²) in [6.07, 6.45) is 1.81. The third-order valence-corrected chi connectivity index (χ3v) is 4.84. The molecule has 26 heavy (non-hydrogen) atoms. The van der Waals surface area contributed by atoms with Gasteiger partial charge in [0, 0.05) is 43.0 Å². The fraction of sp³-hybridized carbons (Fsp3) is 0.263. The van der Waals surface area contributed by atoms with Crippen molar-refractivity contribution in [1.82, 2.24) is 25.1 Å². The minimum atomic E-state index is -0.254.